The van der Waals surface area contributed by atoms with Crippen molar-refractivity contribution in [2.45, 2.75) is 50.8 Å². The molecule has 5 rings (SSSR count). The van der Waals surface area contributed by atoms with Crippen LogP contribution < -0.4 is 15.4 Å². The van der Waals surface area contributed by atoms with Gasteiger partial charge in [-0.15, -0.1) is 0 Å². The van der Waals surface area contributed by atoms with Crippen LogP contribution in [0.4, 0.5) is 29.1 Å². The lowest BCUT2D eigenvalue weighted by Gasteiger charge is -2.39. The van der Waals surface area contributed by atoms with E-state index in [0.29, 0.717) is 17.7 Å². The molecular weight excluding hydrogens is 670 g/mol. The van der Waals surface area contributed by atoms with Crippen LogP contribution in [0, 0.1) is 17.6 Å². The number of nitrogens with zero attached hydrogens (tertiary/aromatic N) is 3. The number of aryl methyl sites for hydroxylation is 1. The summed E-state index contributed by atoms with van der Waals surface area (Å²) in [6, 6.07) is 7.11. The van der Waals surface area contributed by atoms with E-state index >= 15 is 0 Å². The van der Waals surface area contributed by atoms with Gasteiger partial charge in [-0.25, -0.2) is 14.4 Å². The fourth-order valence-electron chi connectivity index (χ4n) is 5.77. The van der Waals surface area contributed by atoms with E-state index in [2.05, 4.69) is 25.3 Å². The number of carbonyl (C=O) groups excluding carboxylic acids is 1. The lowest BCUT2D eigenvalue weighted by molar-refractivity contribution is -0.180. The summed E-state index contributed by atoms with van der Waals surface area (Å²) >= 11 is 0. The molecule has 2 aromatic heterocycles. The molecule has 4 aromatic rings. The maximum Gasteiger partial charge on any atom is 0.387 e. The number of hydrogen-bond donors (Lipinski definition) is 6. The Morgan fingerprint density at radius 3 is 2.58 bits per heavy atom. The first-order valence-electron chi connectivity index (χ1n) is 15.8. The quantitative estimate of drug-likeness (QED) is 0.0791. The summed E-state index contributed by atoms with van der Waals surface area (Å²) in [5, 5.41) is 45.3. The average Bonchev–Trinajstić information content (AvgIpc) is 3.54. The molecule has 6 N–H and O–H groups in total. The molecule has 0 radical (unpaired) electrons. The first kappa shape index (κ1) is 36.9. The minimum atomic E-state index is -3.32. The zero-order chi connectivity index (χ0) is 35.9. The van der Waals surface area contributed by atoms with E-state index in [0.717, 1.165) is 17.7 Å². The van der Waals surface area contributed by atoms with Crippen LogP contribution in [0.3, 0.4) is 0 Å². The van der Waals surface area contributed by atoms with E-state index in [1.54, 1.807) is 18.2 Å². The lowest BCUT2D eigenvalue weighted by atomic mass is 9.81. The molecule has 5 atom stereocenters. The molecule has 1 aliphatic carbocycles. The second-order valence-electron chi connectivity index (χ2n) is 11.5. The normalized spacial score (nSPS) is 20.7. The molecule has 13 nitrogen and oxygen atoms in total. The Labute approximate surface area is 283 Å². The molecule has 0 bridgehead atoms. The third-order valence-corrected chi connectivity index (χ3v) is 8.39. The molecule has 0 aliphatic heterocycles. The Kier molecular flexibility index (Phi) is 12.2. The summed E-state index contributed by atoms with van der Waals surface area (Å²) in [7, 11) is 0. The van der Waals surface area contributed by atoms with Crippen molar-refractivity contribution in [1.82, 2.24) is 19.7 Å². The summed E-state index contributed by atoms with van der Waals surface area (Å²) in [6.07, 6.45) is 0.173. The second-order valence-corrected chi connectivity index (χ2v) is 11.5. The molecule has 2 heterocycles. The number of fused-ring (bicyclic) bond motifs is 1. The van der Waals surface area contributed by atoms with E-state index in [1.165, 1.54) is 23.0 Å². The van der Waals surface area contributed by atoms with Crippen LogP contribution in [0.5, 0.6) is 5.75 Å². The third kappa shape index (κ3) is 8.14. The minimum Gasteiger partial charge on any atom is -0.432 e. The van der Waals surface area contributed by atoms with E-state index in [4.69, 9.17) is 9.47 Å². The van der Waals surface area contributed by atoms with Gasteiger partial charge in [-0.05, 0) is 48.7 Å². The fourth-order valence-corrected chi connectivity index (χ4v) is 5.77. The second kappa shape index (κ2) is 16.5. The van der Waals surface area contributed by atoms with E-state index in [-0.39, 0.29) is 68.0 Å². The summed E-state index contributed by atoms with van der Waals surface area (Å²) in [5.41, 5.74) is 1.92. The number of nitrogens with one attached hydrogen (secondary N) is 2. The topological polar surface area (TPSA) is 180 Å². The SMILES string of the molecule is CCc1cc(Nc2nccn3c(-c4ccc(OC(F)F)c(F)c4F)cnc23)ccc1C(=O)NCCOCCO[C@@H]1C[C@H](CO)[C@@H](O)[C@H](O)[C@H]1O. The molecule has 0 unspecified atom stereocenters. The van der Waals surface area contributed by atoms with E-state index < -0.39 is 54.3 Å². The molecule has 50 heavy (non-hydrogen) atoms. The van der Waals surface area contributed by atoms with Crippen molar-refractivity contribution in [3.63, 3.8) is 0 Å². The number of halogens is 4. The predicted octanol–water partition coefficient (Wildman–Crippen LogP) is 2.81. The first-order valence-corrected chi connectivity index (χ1v) is 15.8. The highest BCUT2D eigenvalue weighted by Crippen LogP contribution is 2.33. The van der Waals surface area contributed by atoms with Crippen LogP contribution in [0.25, 0.3) is 16.9 Å². The summed E-state index contributed by atoms with van der Waals surface area (Å²) < 4.78 is 71.0. The largest absolute Gasteiger partial charge is 0.432 e. The smallest absolute Gasteiger partial charge is 0.387 e. The van der Waals surface area contributed by atoms with Crippen molar-refractivity contribution < 1.29 is 57.0 Å². The number of alkyl halides is 2. The highest BCUT2D eigenvalue weighted by atomic mass is 19.3. The molecule has 1 saturated carbocycles. The number of imidazole rings is 1. The van der Waals surface area contributed by atoms with Crippen molar-refractivity contribution in [3.05, 3.63) is 71.7 Å². The van der Waals surface area contributed by atoms with Gasteiger partial charge in [0.25, 0.3) is 5.91 Å². The number of ether oxygens (including phenoxy) is 3. The van der Waals surface area contributed by atoms with E-state index in [1.807, 2.05) is 6.92 Å². The van der Waals surface area contributed by atoms with Gasteiger partial charge in [-0.1, -0.05) is 6.92 Å². The highest BCUT2D eigenvalue weighted by molar-refractivity contribution is 5.96. The van der Waals surface area contributed by atoms with Crippen LogP contribution in [0.2, 0.25) is 0 Å². The predicted molar refractivity (Wildman–Crippen MR) is 170 cm³/mol. The van der Waals surface area contributed by atoms with Crippen molar-refractivity contribution in [2.24, 2.45) is 5.92 Å². The van der Waals surface area contributed by atoms with Crippen LogP contribution in [0.1, 0.15) is 29.3 Å². The van der Waals surface area contributed by atoms with Gasteiger partial charge in [0.2, 0.25) is 5.82 Å². The Morgan fingerprint density at radius 1 is 1.04 bits per heavy atom. The molecule has 1 aliphatic rings. The Morgan fingerprint density at radius 2 is 1.84 bits per heavy atom. The molecule has 2 aromatic carbocycles. The van der Waals surface area contributed by atoms with Gasteiger partial charge < -0.3 is 45.3 Å². The number of anilines is 2. The number of amides is 1. The summed E-state index contributed by atoms with van der Waals surface area (Å²) in [4.78, 5) is 21.6. The lowest BCUT2D eigenvalue weighted by Crippen LogP contribution is -2.55. The van der Waals surface area contributed by atoms with Crippen molar-refractivity contribution in [1.29, 1.82) is 0 Å². The molecule has 17 heteroatoms. The maximum atomic E-state index is 14.9. The number of aromatic nitrogens is 3. The maximum absolute atomic E-state index is 14.9. The molecule has 270 valence electrons. The summed E-state index contributed by atoms with van der Waals surface area (Å²) in [6.45, 7) is -1.17. The molecule has 1 amide bonds. The Hall–Kier alpha value is -4.39. The van der Waals surface area contributed by atoms with Gasteiger partial charge in [0.15, 0.2) is 23.0 Å². The molecule has 0 saturated heterocycles. The highest BCUT2D eigenvalue weighted by Gasteiger charge is 2.42. The van der Waals surface area contributed by atoms with Crippen LogP contribution >= 0.6 is 0 Å². The molecule has 0 spiro atoms. The number of aliphatic hydroxyl groups is 4. The first-order chi connectivity index (χ1) is 24.0. The van der Waals surface area contributed by atoms with Crippen LogP contribution in [-0.2, 0) is 15.9 Å². The number of aliphatic hydroxyl groups excluding tert-OH is 4. The van der Waals surface area contributed by atoms with Gasteiger partial charge in [0.1, 0.15) is 12.2 Å². The van der Waals surface area contributed by atoms with Gasteiger partial charge >= 0.3 is 6.61 Å². The Balaban J connectivity index is 1.15. The zero-order valence-electron chi connectivity index (χ0n) is 26.8. The molecule has 1 fully saturated rings. The van der Waals surface area contributed by atoms with Gasteiger partial charge in [0, 0.05) is 48.3 Å². The average molecular weight is 708 g/mol. The van der Waals surface area contributed by atoms with Crippen molar-refractivity contribution in [2.75, 3.05) is 38.3 Å². The number of benzene rings is 2. The summed E-state index contributed by atoms with van der Waals surface area (Å²) in [5.74, 6) is -4.51. The minimum absolute atomic E-state index is 0.0925. The third-order valence-electron chi connectivity index (χ3n) is 8.39. The van der Waals surface area contributed by atoms with E-state index in [9.17, 15) is 42.8 Å². The van der Waals surface area contributed by atoms with Gasteiger partial charge in [0.05, 0.1) is 43.9 Å². The number of hydrogen-bond acceptors (Lipinski definition) is 11. The van der Waals surface area contributed by atoms with Gasteiger partial charge in [-0.2, -0.15) is 13.2 Å². The van der Waals surface area contributed by atoms with Crippen LogP contribution in [-0.4, -0.2) is 105 Å². The zero-order valence-corrected chi connectivity index (χ0v) is 26.8. The standard InChI is InChI=1S/C33H37F4N5O8/c1-2-17-13-19(3-4-20(17)32(47)39-8-10-48-11-12-49-24-14-18(16-43)27(44)29(46)28(24)45)41-30-31-40-15-22(42(31)9-7-38-30)21-5-6-23(50-33(36)37)26(35)25(21)34/h3-7,9,13,15,18,24,27-29,33,43-46H,2,8,10-12,14,16H2,1H3,(H,38,41)(H,39,47)/t18-,24-,27-,28+,29+/m1/s1. The molecular formula is C33H37F4N5O8. The van der Waals surface area contributed by atoms with Crippen LogP contribution in [0.15, 0.2) is 48.9 Å². The monoisotopic (exact) mass is 707 g/mol. The number of rotatable bonds is 15. The van der Waals surface area contributed by atoms with Crippen molar-refractivity contribution >= 4 is 23.1 Å². The van der Waals surface area contributed by atoms with Crippen molar-refractivity contribution in [3.8, 4) is 17.0 Å². The number of carbonyl (C=O) groups is 1. The Bertz CT molecular complexity index is 1780. The fraction of sp³-hybridized carbons (Fsp3) is 0.424. The van der Waals surface area contributed by atoms with Gasteiger partial charge in [-0.3, -0.25) is 9.20 Å².